The van der Waals surface area contributed by atoms with Crippen LogP contribution in [0.3, 0.4) is 0 Å². The van der Waals surface area contributed by atoms with Crippen LogP contribution in [-0.2, 0) is 4.79 Å². The molecule has 2 unspecified atom stereocenters. The molecule has 2 atom stereocenters. The molecule has 2 N–H and O–H groups in total. The van der Waals surface area contributed by atoms with E-state index in [-0.39, 0.29) is 6.04 Å². The summed E-state index contributed by atoms with van der Waals surface area (Å²) in [6.45, 7) is 12.7. The fourth-order valence-corrected chi connectivity index (χ4v) is 4.11. The summed E-state index contributed by atoms with van der Waals surface area (Å²) >= 11 is 0. The zero-order valence-electron chi connectivity index (χ0n) is 18.9. The minimum absolute atomic E-state index is 0.284. The largest absolute Gasteiger partial charge is 0.357 e. The van der Waals surface area contributed by atoms with Gasteiger partial charge in [0, 0.05) is 57.1 Å². The molecule has 1 aliphatic heterocycles. The molecule has 1 aliphatic carbocycles. The maximum absolute atomic E-state index is 12.4. The fourth-order valence-electron chi connectivity index (χ4n) is 4.11. The summed E-state index contributed by atoms with van der Waals surface area (Å²) in [6, 6.07) is 10.9. The summed E-state index contributed by atoms with van der Waals surface area (Å²) in [4.78, 5) is 21.7. The lowest BCUT2D eigenvalue weighted by Gasteiger charge is -2.38. The number of hydrogen-bond donors (Lipinski definition) is 2. The van der Waals surface area contributed by atoms with E-state index in [1.165, 1.54) is 12.0 Å². The van der Waals surface area contributed by atoms with Crippen LogP contribution < -0.4 is 10.6 Å². The van der Waals surface area contributed by atoms with Crippen molar-refractivity contribution in [1.29, 1.82) is 0 Å². The number of amides is 1. The van der Waals surface area contributed by atoms with Gasteiger partial charge in [-0.2, -0.15) is 0 Å². The average molecular weight is 414 g/mol. The molecule has 0 aromatic heterocycles. The van der Waals surface area contributed by atoms with Gasteiger partial charge in [0.15, 0.2) is 5.96 Å². The molecule has 6 nitrogen and oxygen atoms in total. The zero-order chi connectivity index (χ0) is 21.3. The third-order valence-electron chi connectivity index (χ3n) is 6.61. The van der Waals surface area contributed by atoms with Gasteiger partial charge < -0.3 is 15.5 Å². The molecule has 30 heavy (non-hydrogen) atoms. The van der Waals surface area contributed by atoms with Crippen LogP contribution in [0, 0.1) is 5.92 Å². The van der Waals surface area contributed by atoms with Gasteiger partial charge in [0.25, 0.3) is 0 Å². The Morgan fingerprint density at radius 3 is 2.43 bits per heavy atom. The number of carbonyl (C=O) groups excluding carboxylic acids is 1. The molecule has 6 heteroatoms. The van der Waals surface area contributed by atoms with Crippen molar-refractivity contribution in [1.82, 2.24) is 20.4 Å². The summed E-state index contributed by atoms with van der Waals surface area (Å²) in [5.74, 6) is 1.98. The van der Waals surface area contributed by atoms with Crippen LogP contribution in [0.5, 0.6) is 0 Å². The van der Waals surface area contributed by atoms with Crippen molar-refractivity contribution in [3.8, 4) is 0 Å². The third-order valence-corrected chi connectivity index (χ3v) is 6.61. The van der Waals surface area contributed by atoms with Crippen LogP contribution in [-0.4, -0.2) is 73.5 Å². The van der Waals surface area contributed by atoms with Crippen molar-refractivity contribution in [2.75, 3.05) is 45.8 Å². The van der Waals surface area contributed by atoms with Gasteiger partial charge in [-0.15, -0.1) is 0 Å². The molecule has 0 bridgehead atoms. The Balaban J connectivity index is 1.43. The highest BCUT2D eigenvalue weighted by Crippen LogP contribution is 2.28. The third kappa shape index (κ3) is 6.21. The predicted molar refractivity (Wildman–Crippen MR) is 124 cm³/mol. The maximum Gasteiger partial charge on any atom is 0.225 e. The molecular weight excluding hydrogens is 374 g/mol. The Bertz CT molecular complexity index is 680. The second-order valence-electron chi connectivity index (χ2n) is 8.69. The molecule has 0 spiro atoms. The van der Waals surface area contributed by atoms with Crippen LogP contribution in [0.4, 0.5) is 0 Å². The lowest BCUT2D eigenvalue weighted by Crippen LogP contribution is -2.51. The zero-order valence-corrected chi connectivity index (χ0v) is 18.9. The quantitative estimate of drug-likeness (QED) is 0.508. The van der Waals surface area contributed by atoms with Gasteiger partial charge in [0.05, 0.1) is 6.54 Å². The average Bonchev–Trinajstić information content (AvgIpc) is 2.73. The number of nitrogens with zero attached hydrogens (tertiary/aromatic N) is 3. The Morgan fingerprint density at radius 1 is 1.13 bits per heavy atom. The summed E-state index contributed by atoms with van der Waals surface area (Å²) < 4.78 is 0. The van der Waals surface area contributed by atoms with Gasteiger partial charge in [-0.3, -0.25) is 14.7 Å². The molecule has 1 heterocycles. The van der Waals surface area contributed by atoms with Gasteiger partial charge >= 0.3 is 0 Å². The van der Waals surface area contributed by atoms with Gasteiger partial charge in [-0.05, 0) is 32.3 Å². The summed E-state index contributed by atoms with van der Waals surface area (Å²) in [5.41, 5.74) is 1.34. The molecule has 166 valence electrons. The van der Waals surface area contributed by atoms with Crippen molar-refractivity contribution < 1.29 is 4.79 Å². The van der Waals surface area contributed by atoms with E-state index in [1.807, 2.05) is 0 Å². The number of carbonyl (C=O) groups is 1. The van der Waals surface area contributed by atoms with E-state index in [4.69, 9.17) is 4.99 Å². The SMILES string of the molecule is CCNC(=NCCN1CCN(C(=O)C2CCC2)CC1)NC(C)C(C)c1ccccc1. The van der Waals surface area contributed by atoms with Crippen molar-refractivity contribution >= 4 is 11.9 Å². The molecule has 1 saturated carbocycles. The first-order valence-electron chi connectivity index (χ1n) is 11.7. The topological polar surface area (TPSA) is 60.0 Å². The lowest BCUT2D eigenvalue weighted by molar-refractivity contribution is -0.139. The van der Waals surface area contributed by atoms with E-state index in [0.29, 0.717) is 17.7 Å². The monoisotopic (exact) mass is 413 g/mol. The highest BCUT2D eigenvalue weighted by atomic mass is 16.2. The van der Waals surface area contributed by atoms with E-state index in [1.54, 1.807) is 0 Å². The van der Waals surface area contributed by atoms with Crippen LogP contribution in [0.1, 0.15) is 51.5 Å². The predicted octanol–water partition coefficient (Wildman–Crippen LogP) is 2.68. The number of benzene rings is 1. The molecule has 2 aliphatic rings. The molecule has 1 aromatic carbocycles. The molecule has 2 fully saturated rings. The molecule has 0 radical (unpaired) electrons. The number of nitrogens with one attached hydrogen (secondary N) is 2. The first-order valence-corrected chi connectivity index (χ1v) is 11.7. The highest BCUT2D eigenvalue weighted by molar-refractivity contribution is 5.80. The van der Waals surface area contributed by atoms with E-state index < -0.39 is 0 Å². The first kappa shape index (κ1) is 22.6. The second kappa shape index (κ2) is 11.3. The van der Waals surface area contributed by atoms with Gasteiger partial charge in [-0.1, -0.05) is 43.7 Å². The van der Waals surface area contributed by atoms with Crippen molar-refractivity contribution in [3.63, 3.8) is 0 Å². The summed E-state index contributed by atoms with van der Waals surface area (Å²) in [5, 5.41) is 6.94. The number of hydrogen-bond acceptors (Lipinski definition) is 3. The molecular formula is C24H39N5O. The molecule has 3 rings (SSSR count). The van der Waals surface area contributed by atoms with E-state index >= 15 is 0 Å². The van der Waals surface area contributed by atoms with Crippen LogP contribution in [0.2, 0.25) is 0 Å². The standard InChI is InChI=1S/C24H39N5O/c1-4-25-24(27-20(3)19(2)21-9-6-5-7-10-21)26-13-14-28-15-17-29(18-16-28)23(30)22-11-8-12-22/h5-7,9-10,19-20,22H,4,8,11-18H2,1-3H3,(H2,25,26,27). The van der Waals surface area contributed by atoms with Crippen molar-refractivity contribution in [2.24, 2.45) is 10.9 Å². The Kier molecular flexibility index (Phi) is 8.55. The molecule has 1 amide bonds. The maximum atomic E-state index is 12.4. The second-order valence-corrected chi connectivity index (χ2v) is 8.69. The van der Waals surface area contributed by atoms with Gasteiger partial charge in [0.1, 0.15) is 0 Å². The molecule has 1 aromatic rings. The van der Waals surface area contributed by atoms with Crippen LogP contribution in [0.25, 0.3) is 0 Å². The van der Waals surface area contributed by atoms with E-state index in [0.717, 1.165) is 64.6 Å². The van der Waals surface area contributed by atoms with E-state index in [9.17, 15) is 4.79 Å². The van der Waals surface area contributed by atoms with E-state index in [2.05, 4.69) is 71.5 Å². The first-order chi connectivity index (χ1) is 14.6. The number of guanidine groups is 1. The normalized spacial score (nSPS) is 20.4. The Morgan fingerprint density at radius 2 is 1.83 bits per heavy atom. The van der Waals surface area contributed by atoms with Crippen molar-refractivity contribution in [3.05, 3.63) is 35.9 Å². The lowest BCUT2D eigenvalue weighted by atomic mass is 9.84. The number of piperazine rings is 1. The minimum Gasteiger partial charge on any atom is -0.357 e. The summed E-state index contributed by atoms with van der Waals surface area (Å²) in [6.07, 6.45) is 3.41. The summed E-state index contributed by atoms with van der Waals surface area (Å²) in [7, 11) is 0. The van der Waals surface area contributed by atoms with Gasteiger partial charge in [-0.25, -0.2) is 0 Å². The van der Waals surface area contributed by atoms with Gasteiger partial charge in [0.2, 0.25) is 5.91 Å². The van der Waals surface area contributed by atoms with Crippen molar-refractivity contribution in [2.45, 2.75) is 52.0 Å². The highest BCUT2D eigenvalue weighted by Gasteiger charge is 2.31. The smallest absolute Gasteiger partial charge is 0.225 e. The Hall–Kier alpha value is -2.08. The Labute approximate surface area is 182 Å². The fraction of sp³-hybridized carbons (Fsp3) is 0.667. The molecule has 1 saturated heterocycles. The minimum atomic E-state index is 0.284. The number of aliphatic imine (C=N–C) groups is 1. The van der Waals surface area contributed by atoms with Crippen LogP contribution >= 0.6 is 0 Å². The number of rotatable bonds is 8. The van der Waals surface area contributed by atoms with Crippen LogP contribution in [0.15, 0.2) is 35.3 Å².